The van der Waals surface area contributed by atoms with Gasteiger partial charge in [-0.05, 0) is 66.6 Å². The molecule has 2 aliphatic rings. The molecule has 1 aliphatic carbocycles. The van der Waals surface area contributed by atoms with E-state index in [0.29, 0.717) is 19.8 Å². The monoisotopic (exact) mass is 415 g/mol. The highest BCUT2D eigenvalue weighted by atomic mass is 16.5. The van der Waals surface area contributed by atoms with Gasteiger partial charge in [0.05, 0.1) is 12.3 Å². The minimum Gasteiger partial charge on any atom is -0.490 e. The van der Waals surface area contributed by atoms with Crippen molar-refractivity contribution in [3.8, 4) is 28.3 Å². The lowest BCUT2D eigenvalue weighted by Crippen LogP contribution is -2.31. The molecule has 6 heteroatoms. The van der Waals surface area contributed by atoms with E-state index in [1.165, 1.54) is 11.1 Å². The van der Waals surface area contributed by atoms with Crippen LogP contribution < -0.4 is 10.1 Å². The van der Waals surface area contributed by atoms with Gasteiger partial charge in [0, 0.05) is 30.3 Å². The average molecular weight is 415 g/mol. The molecule has 0 unspecified atom stereocenters. The summed E-state index contributed by atoms with van der Waals surface area (Å²) in [5.41, 5.74) is 8.20. The van der Waals surface area contributed by atoms with Crippen molar-refractivity contribution in [3.63, 3.8) is 0 Å². The molecule has 1 amide bonds. The van der Waals surface area contributed by atoms with E-state index in [1.54, 1.807) is 7.11 Å². The van der Waals surface area contributed by atoms with Crippen LogP contribution in [0.2, 0.25) is 0 Å². The van der Waals surface area contributed by atoms with Crippen molar-refractivity contribution >= 4 is 5.91 Å². The maximum Gasteiger partial charge on any atom is 0.251 e. The molecule has 2 heterocycles. The molecule has 0 atom stereocenters. The molecule has 2 aromatic carbocycles. The third kappa shape index (κ3) is 3.68. The first-order valence-corrected chi connectivity index (χ1v) is 10.8. The molecule has 1 N–H and O–H groups in total. The van der Waals surface area contributed by atoms with E-state index in [-0.39, 0.29) is 5.91 Å². The summed E-state index contributed by atoms with van der Waals surface area (Å²) in [6, 6.07) is 14.0. The molecule has 0 saturated heterocycles. The summed E-state index contributed by atoms with van der Waals surface area (Å²) in [6.45, 7) is 1.70. The molecular formula is C25H25N3O3. The number of rotatable bonds is 6. The van der Waals surface area contributed by atoms with E-state index in [4.69, 9.17) is 9.47 Å². The Morgan fingerprint density at radius 2 is 1.74 bits per heavy atom. The summed E-state index contributed by atoms with van der Waals surface area (Å²) in [5.74, 6) is 0.806. The standard InChI is InChI=1S/C25H25N3O3/c1-30-13-14-31-22-8-3-2-5-21(22)24-20-7-4-6-19(20)23(27-28-24)17-9-10-18-16(15-17)11-12-26-25(18)29/h2-3,5,8-10,15H,4,6-7,11-14H2,1H3,(H,26,29). The second-order valence-corrected chi connectivity index (χ2v) is 7.92. The number of carbonyl (C=O) groups excluding carboxylic acids is 1. The lowest BCUT2D eigenvalue weighted by atomic mass is 9.94. The first-order valence-electron chi connectivity index (χ1n) is 10.8. The molecule has 1 aromatic heterocycles. The lowest BCUT2D eigenvalue weighted by molar-refractivity contribution is 0.0946. The number of carbonyl (C=O) groups is 1. The van der Waals surface area contributed by atoms with Gasteiger partial charge >= 0.3 is 0 Å². The average Bonchev–Trinajstić information content (AvgIpc) is 3.29. The van der Waals surface area contributed by atoms with Crippen LogP contribution in [0, 0.1) is 0 Å². The molecule has 3 aromatic rings. The summed E-state index contributed by atoms with van der Waals surface area (Å²) in [7, 11) is 1.67. The Labute approximate surface area is 181 Å². The zero-order valence-electron chi connectivity index (χ0n) is 17.6. The van der Waals surface area contributed by atoms with Crippen LogP contribution in [0.1, 0.15) is 33.5 Å². The third-order valence-corrected chi connectivity index (χ3v) is 6.03. The molecule has 0 radical (unpaired) electrons. The fourth-order valence-electron chi connectivity index (χ4n) is 4.53. The lowest BCUT2D eigenvalue weighted by Gasteiger charge is -2.18. The van der Waals surface area contributed by atoms with Gasteiger partial charge in [0.2, 0.25) is 0 Å². The summed E-state index contributed by atoms with van der Waals surface area (Å²) >= 11 is 0. The normalized spacial score (nSPS) is 14.7. The van der Waals surface area contributed by atoms with Crippen LogP contribution in [0.4, 0.5) is 0 Å². The summed E-state index contributed by atoms with van der Waals surface area (Å²) in [4.78, 5) is 12.1. The first kappa shape index (κ1) is 19.7. The maximum atomic E-state index is 12.1. The molecule has 5 rings (SSSR count). The SMILES string of the molecule is COCCOc1ccccc1-c1nnc(-c2ccc3c(c2)CCNC3=O)c2c1CCC2. The number of nitrogens with one attached hydrogen (secondary N) is 1. The van der Waals surface area contributed by atoms with Crippen molar-refractivity contribution in [2.75, 3.05) is 26.9 Å². The molecule has 0 spiro atoms. The van der Waals surface area contributed by atoms with Crippen LogP contribution in [0.15, 0.2) is 42.5 Å². The number of benzene rings is 2. The highest BCUT2D eigenvalue weighted by Gasteiger charge is 2.25. The molecule has 0 bridgehead atoms. The summed E-state index contributed by atoms with van der Waals surface area (Å²) in [5, 5.41) is 12.2. The van der Waals surface area contributed by atoms with Crippen LogP contribution in [-0.4, -0.2) is 43.0 Å². The number of hydrogen-bond donors (Lipinski definition) is 1. The summed E-state index contributed by atoms with van der Waals surface area (Å²) < 4.78 is 11.1. The first-order chi connectivity index (χ1) is 15.3. The van der Waals surface area contributed by atoms with Crippen molar-refractivity contribution in [2.24, 2.45) is 0 Å². The molecular weight excluding hydrogens is 390 g/mol. The van der Waals surface area contributed by atoms with Crippen LogP contribution in [-0.2, 0) is 24.0 Å². The van der Waals surface area contributed by atoms with Crippen molar-refractivity contribution in [3.05, 3.63) is 64.7 Å². The summed E-state index contributed by atoms with van der Waals surface area (Å²) in [6.07, 6.45) is 3.89. The van der Waals surface area contributed by atoms with E-state index in [2.05, 4.69) is 21.6 Å². The number of para-hydroxylation sites is 1. The Balaban J connectivity index is 1.55. The van der Waals surface area contributed by atoms with Gasteiger partial charge in [-0.1, -0.05) is 18.2 Å². The molecule has 0 saturated carbocycles. The van der Waals surface area contributed by atoms with Crippen LogP contribution in [0.5, 0.6) is 5.75 Å². The number of aromatic nitrogens is 2. The van der Waals surface area contributed by atoms with Gasteiger partial charge in [0.25, 0.3) is 5.91 Å². The quantitative estimate of drug-likeness (QED) is 0.623. The van der Waals surface area contributed by atoms with E-state index in [9.17, 15) is 4.79 Å². The van der Waals surface area contributed by atoms with Gasteiger partial charge in [-0.2, -0.15) is 0 Å². The van der Waals surface area contributed by atoms with Gasteiger partial charge in [0.1, 0.15) is 18.1 Å². The third-order valence-electron chi connectivity index (χ3n) is 6.03. The van der Waals surface area contributed by atoms with Gasteiger partial charge in [-0.3, -0.25) is 4.79 Å². The van der Waals surface area contributed by atoms with Crippen LogP contribution in [0.3, 0.4) is 0 Å². The highest BCUT2D eigenvalue weighted by molar-refractivity contribution is 5.97. The number of amides is 1. The Kier molecular flexibility index (Phi) is 5.38. The molecule has 0 fully saturated rings. The Morgan fingerprint density at radius 3 is 2.61 bits per heavy atom. The van der Waals surface area contributed by atoms with E-state index in [1.807, 2.05) is 36.4 Å². The topological polar surface area (TPSA) is 73.3 Å². The fourth-order valence-corrected chi connectivity index (χ4v) is 4.53. The highest BCUT2D eigenvalue weighted by Crippen LogP contribution is 2.39. The molecule has 158 valence electrons. The van der Waals surface area contributed by atoms with Gasteiger partial charge in [-0.25, -0.2) is 0 Å². The number of nitrogens with zero attached hydrogens (tertiary/aromatic N) is 2. The predicted octanol–water partition coefficient (Wildman–Crippen LogP) is 3.61. The number of ether oxygens (including phenoxy) is 2. The van der Waals surface area contributed by atoms with Crippen LogP contribution in [0.25, 0.3) is 22.5 Å². The van der Waals surface area contributed by atoms with Crippen molar-refractivity contribution in [1.82, 2.24) is 15.5 Å². The van der Waals surface area contributed by atoms with E-state index < -0.39 is 0 Å². The largest absolute Gasteiger partial charge is 0.490 e. The second-order valence-electron chi connectivity index (χ2n) is 7.92. The molecule has 6 nitrogen and oxygen atoms in total. The zero-order valence-corrected chi connectivity index (χ0v) is 17.6. The Morgan fingerprint density at radius 1 is 0.935 bits per heavy atom. The smallest absolute Gasteiger partial charge is 0.251 e. The predicted molar refractivity (Wildman–Crippen MR) is 118 cm³/mol. The zero-order chi connectivity index (χ0) is 21.2. The maximum absolute atomic E-state index is 12.1. The van der Waals surface area contributed by atoms with Crippen molar-refractivity contribution in [2.45, 2.75) is 25.7 Å². The minimum absolute atomic E-state index is 0.00420. The fraction of sp³-hybridized carbons (Fsp3) is 0.320. The number of fused-ring (bicyclic) bond motifs is 2. The van der Waals surface area contributed by atoms with Crippen LogP contribution >= 0.6 is 0 Å². The second kappa shape index (κ2) is 8.47. The number of hydrogen-bond acceptors (Lipinski definition) is 5. The molecule has 31 heavy (non-hydrogen) atoms. The van der Waals surface area contributed by atoms with E-state index in [0.717, 1.165) is 65.1 Å². The molecule has 1 aliphatic heterocycles. The Hall–Kier alpha value is -3.25. The van der Waals surface area contributed by atoms with Crippen molar-refractivity contribution in [1.29, 1.82) is 0 Å². The van der Waals surface area contributed by atoms with Gasteiger partial charge in [0.15, 0.2) is 0 Å². The van der Waals surface area contributed by atoms with E-state index >= 15 is 0 Å². The number of methoxy groups -OCH3 is 1. The van der Waals surface area contributed by atoms with Crippen molar-refractivity contribution < 1.29 is 14.3 Å². The Bertz CT molecular complexity index is 1140. The van der Waals surface area contributed by atoms with Gasteiger partial charge in [-0.15, -0.1) is 10.2 Å². The minimum atomic E-state index is 0.00420. The van der Waals surface area contributed by atoms with Gasteiger partial charge < -0.3 is 14.8 Å².